The van der Waals surface area contributed by atoms with Crippen LogP contribution in [0.3, 0.4) is 0 Å². The highest BCUT2D eigenvalue weighted by Gasteiger charge is 2.01. The summed E-state index contributed by atoms with van der Waals surface area (Å²) in [6, 6.07) is 13.2. The van der Waals surface area contributed by atoms with E-state index in [-0.39, 0.29) is 6.03 Å². The molecule has 0 aliphatic heterocycles. The summed E-state index contributed by atoms with van der Waals surface area (Å²) in [7, 11) is 1.58. The van der Waals surface area contributed by atoms with E-state index >= 15 is 0 Å². The van der Waals surface area contributed by atoms with Crippen LogP contribution in [0, 0.1) is 6.92 Å². The molecule has 2 aromatic rings. The van der Waals surface area contributed by atoms with E-state index in [0.717, 1.165) is 28.5 Å². The molecule has 0 heterocycles. The lowest BCUT2D eigenvalue weighted by Gasteiger charge is -2.10. The quantitative estimate of drug-likeness (QED) is 0.799. The van der Waals surface area contributed by atoms with Gasteiger partial charge in [-0.05, 0) is 54.4 Å². The predicted octanol–water partition coefficient (Wildman–Crippen LogP) is 4.01. The number of rotatable bonds is 4. The van der Waals surface area contributed by atoms with Gasteiger partial charge in [0.25, 0.3) is 0 Å². The van der Waals surface area contributed by atoms with Gasteiger partial charge in [-0.3, -0.25) is 0 Å². The molecular formula is C16H18ClN3O. The number of amides is 2. The highest BCUT2D eigenvalue weighted by atomic mass is 35.5. The topological polar surface area (TPSA) is 53.2 Å². The first-order valence-electron chi connectivity index (χ1n) is 6.66. The van der Waals surface area contributed by atoms with Gasteiger partial charge in [0.05, 0.1) is 0 Å². The standard InChI is InChI=1S/C16H18ClN3O/c1-11-9-13(17)4-3-12(11)10-19-14-5-7-15(8-6-14)20-16(21)18-2/h3-9,19H,10H2,1-2H3,(H2,18,20,21). The summed E-state index contributed by atoms with van der Waals surface area (Å²) in [4.78, 5) is 11.2. The maximum atomic E-state index is 11.2. The fourth-order valence-corrected chi connectivity index (χ4v) is 2.15. The Morgan fingerprint density at radius 1 is 1.10 bits per heavy atom. The summed E-state index contributed by atoms with van der Waals surface area (Å²) in [5.74, 6) is 0. The fourth-order valence-electron chi connectivity index (χ4n) is 1.92. The molecule has 0 spiro atoms. The molecule has 0 unspecified atom stereocenters. The van der Waals surface area contributed by atoms with Crippen LogP contribution in [0.5, 0.6) is 0 Å². The number of benzene rings is 2. The number of anilines is 2. The predicted molar refractivity (Wildman–Crippen MR) is 88.0 cm³/mol. The van der Waals surface area contributed by atoms with Gasteiger partial charge >= 0.3 is 6.03 Å². The van der Waals surface area contributed by atoms with Crippen molar-refractivity contribution in [2.24, 2.45) is 0 Å². The van der Waals surface area contributed by atoms with Crippen LogP contribution in [0.4, 0.5) is 16.2 Å². The molecule has 0 aliphatic carbocycles. The van der Waals surface area contributed by atoms with Gasteiger partial charge in [-0.1, -0.05) is 17.7 Å². The third-order valence-electron chi connectivity index (χ3n) is 3.16. The van der Waals surface area contributed by atoms with Crippen molar-refractivity contribution in [3.05, 3.63) is 58.6 Å². The van der Waals surface area contributed by atoms with E-state index in [1.54, 1.807) is 7.05 Å². The Labute approximate surface area is 129 Å². The first-order valence-corrected chi connectivity index (χ1v) is 7.04. The summed E-state index contributed by atoms with van der Waals surface area (Å²) >= 11 is 5.94. The molecule has 2 amide bonds. The Kier molecular flexibility index (Phi) is 5.06. The molecule has 0 atom stereocenters. The van der Waals surface area contributed by atoms with Crippen LogP contribution in [0.15, 0.2) is 42.5 Å². The van der Waals surface area contributed by atoms with Crippen LogP contribution in [0.1, 0.15) is 11.1 Å². The first-order chi connectivity index (χ1) is 10.1. The molecule has 0 radical (unpaired) electrons. The lowest BCUT2D eigenvalue weighted by Crippen LogP contribution is -2.24. The largest absolute Gasteiger partial charge is 0.381 e. The van der Waals surface area contributed by atoms with Crippen molar-refractivity contribution in [3.63, 3.8) is 0 Å². The summed E-state index contributed by atoms with van der Waals surface area (Å²) < 4.78 is 0. The van der Waals surface area contributed by atoms with E-state index in [2.05, 4.69) is 16.0 Å². The number of nitrogens with one attached hydrogen (secondary N) is 3. The Hall–Kier alpha value is -2.20. The van der Waals surface area contributed by atoms with Crippen LogP contribution in [0.2, 0.25) is 5.02 Å². The Morgan fingerprint density at radius 2 is 1.76 bits per heavy atom. The third-order valence-corrected chi connectivity index (χ3v) is 3.39. The number of hydrogen-bond acceptors (Lipinski definition) is 2. The van der Waals surface area contributed by atoms with Crippen molar-refractivity contribution in [2.75, 3.05) is 17.7 Å². The minimum absolute atomic E-state index is 0.229. The van der Waals surface area contributed by atoms with Crippen LogP contribution < -0.4 is 16.0 Å². The lowest BCUT2D eigenvalue weighted by molar-refractivity contribution is 0.254. The molecule has 0 fully saturated rings. The van der Waals surface area contributed by atoms with Crippen LogP contribution in [-0.4, -0.2) is 13.1 Å². The molecule has 2 aromatic carbocycles. The highest BCUT2D eigenvalue weighted by Crippen LogP contribution is 2.18. The maximum absolute atomic E-state index is 11.2. The summed E-state index contributed by atoms with van der Waals surface area (Å²) in [6.45, 7) is 2.77. The van der Waals surface area contributed by atoms with Crippen molar-refractivity contribution in [2.45, 2.75) is 13.5 Å². The maximum Gasteiger partial charge on any atom is 0.318 e. The van der Waals surface area contributed by atoms with Gasteiger partial charge in [-0.2, -0.15) is 0 Å². The monoisotopic (exact) mass is 303 g/mol. The average molecular weight is 304 g/mol. The minimum Gasteiger partial charge on any atom is -0.381 e. The molecule has 3 N–H and O–H groups in total. The number of halogens is 1. The fraction of sp³-hybridized carbons (Fsp3) is 0.188. The summed E-state index contributed by atoms with van der Waals surface area (Å²) in [5.41, 5.74) is 4.11. The van der Waals surface area contributed by atoms with E-state index in [1.807, 2.05) is 49.4 Å². The molecule has 0 saturated heterocycles. The van der Waals surface area contributed by atoms with Gasteiger partial charge < -0.3 is 16.0 Å². The molecule has 21 heavy (non-hydrogen) atoms. The average Bonchev–Trinajstić information content (AvgIpc) is 2.48. The Bertz CT molecular complexity index is 626. The van der Waals surface area contributed by atoms with Crippen LogP contribution in [-0.2, 0) is 6.54 Å². The zero-order valence-electron chi connectivity index (χ0n) is 12.0. The van der Waals surface area contributed by atoms with Crippen molar-refractivity contribution < 1.29 is 4.79 Å². The van der Waals surface area contributed by atoms with E-state index in [1.165, 1.54) is 5.56 Å². The van der Waals surface area contributed by atoms with Crippen molar-refractivity contribution in [3.8, 4) is 0 Å². The summed E-state index contributed by atoms with van der Waals surface area (Å²) in [5, 5.41) is 9.32. The van der Waals surface area contributed by atoms with Gasteiger partial charge in [-0.25, -0.2) is 4.79 Å². The van der Waals surface area contributed by atoms with Crippen molar-refractivity contribution in [1.82, 2.24) is 5.32 Å². The lowest BCUT2D eigenvalue weighted by atomic mass is 10.1. The second-order valence-electron chi connectivity index (χ2n) is 4.71. The van der Waals surface area contributed by atoms with Crippen molar-refractivity contribution >= 4 is 29.0 Å². The second-order valence-corrected chi connectivity index (χ2v) is 5.14. The number of carbonyl (C=O) groups is 1. The first kappa shape index (κ1) is 15.2. The zero-order chi connectivity index (χ0) is 15.2. The second kappa shape index (κ2) is 6.99. The molecular weight excluding hydrogens is 286 g/mol. The smallest absolute Gasteiger partial charge is 0.318 e. The zero-order valence-corrected chi connectivity index (χ0v) is 12.8. The van der Waals surface area contributed by atoms with Gasteiger partial charge in [0.15, 0.2) is 0 Å². The minimum atomic E-state index is -0.229. The molecule has 5 heteroatoms. The number of hydrogen-bond donors (Lipinski definition) is 3. The molecule has 0 saturated carbocycles. The van der Waals surface area contributed by atoms with E-state index in [9.17, 15) is 4.79 Å². The Morgan fingerprint density at radius 3 is 2.38 bits per heavy atom. The van der Waals surface area contributed by atoms with Gasteiger partial charge in [0.2, 0.25) is 0 Å². The van der Waals surface area contributed by atoms with Crippen LogP contribution >= 0.6 is 11.6 Å². The molecule has 2 rings (SSSR count). The number of urea groups is 1. The van der Waals surface area contributed by atoms with Gasteiger partial charge in [0, 0.05) is 30.0 Å². The molecule has 0 bridgehead atoms. The van der Waals surface area contributed by atoms with Crippen molar-refractivity contribution in [1.29, 1.82) is 0 Å². The van der Waals surface area contributed by atoms with E-state index < -0.39 is 0 Å². The highest BCUT2D eigenvalue weighted by molar-refractivity contribution is 6.30. The number of aryl methyl sites for hydroxylation is 1. The normalized spacial score (nSPS) is 10.0. The van der Waals surface area contributed by atoms with Crippen LogP contribution in [0.25, 0.3) is 0 Å². The van der Waals surface area contributed by atoms with E-state index in [4.69, 9.17) is 11.6 Å². The Balaban J connectivity index is 1.96. The van der Waals surface area contributed by atoms with Gasteiger partial charge in [0.1, 0.15) is 0 Å². The summed E-state index contributed by atoms with van der Waals surface area (Å²) in [6.07, 6.45) is 0. The molecule has 110 valence electrons. The molecule has 0 aliphatic rings. The SMILES string of the molecule is CNC(=O)Nc1ccc(NCc2ccc(Cl)cc2C)cc1. The number of carbonyl (C=O) groups excluding carboxylic acids is 1. The molecule has 0 aromatic heterocycles. The third kappa shape index (κ3) is 4.39. The van der Waals surface area contributed by atoms with Gasteiger partial charge in [-0.15, -0.1) is 0 Å². The molecule has 4 nitrogen and oxygen atoms in total. The van der Waals surface area contributed by atoms with E-state index in [0.29, 0.717) is 0 Å².